The van der Waals surface area contributed by atoms with E-state index in [1.807, 2.05) is 39.8 Å². The first-order chi connectivity index (χ1) is 10.6. The molecule has 1 heterocycles. The van der Waals surface area contributed by atoms with Crippen molar-refractivity contribution >= 4 is 34.5 Å². The second-order valence-corrected chi connectivity index (χ2v) is 7.32. The fourth-order valence-electron chi connectivity index (χ4n) is 2.13. The predicted molar refractivity (Wildman–Crippen MR) is 92.0 cm³/mol. The molecule has 0 unspecified atom stereocenters. The Morgan fingerprint density at radius 2 is 1.78 bits per heavy atom. The van der Waals surface area contributed by atoms with Crippen molar-refractivity contribution in [2.45, 2.75) is 45.8 Å². The highest BCUT2D eigenvalue weighted by molar-refractivity contribution is 9.10. The molecular formula is C16H22BBrO5. The molecule has 0 saturated carbocycles. The molecule has 1 aromatic rings. The van der Waals surface area contributed by atoms with E-state index in [1.54, 1.807) is 13.0 Å². The van der Waals surface area contributed by atoms with Gasteiger partial charge in [-0.05, 0) is 58.3 Å². The second kappa shape index (κ2) is 6.83. The minimum Gasteiger partial charge on any atom is -0.482 e. The molecule has 0 aromatic heterocycles. The molecule has 1 aromatic carbocycles. The standard InChI is InChI=1S/C16H22BBrO5/c1-6-20-14(19)10-21-13-8-11(7-12(18)9-13)17-22-15(2,3)16(4,5)23-17/h7-9H,6,10H2,1-5H3. The summed E-state index contributed by atoms with van der Waals surface area (Å²) >= 11 is 3.45. The normalized spacial score (nSPS) is 18.8. The van der Waals surface area contributed by atoms with Crippen LogP contribution < -0.4 is 10.2 Å². The number of benzene rings is 1. The number of rotatable bonds is 5. The van der Waals surface area contributed by atoms with Crippen LogP contribution in [0, 0.1) is 0 Å². The number of halogens is 1. The summed E-state index contributed by atoms with van der Waals surface area (Å²) < 4.78 is 23.2. The number of ether oxygens (including phenoxy) is 2. The van der Waals surface area contributed by atoms with Crippen LogP contribution in [0.15, 0.2) is 22.7 Å². The van der Waals surface area contributed by atoms with Gasteiger partial charge in [0.1, 0.15) is 5.75 Å². The van der Waals surface area contributed by atoms with E-state index in [0.717, 1.165) is 9.94 Å². The van der Waals surface area contributed by atoms with E-state index in [0.29, 0.717) is 12.4 Å². The van der Waals surface area contributed by atoms with Gasteiger partial charge in [0.25, 0.3) is 0 Å². The monoisotopic (exact) mass is 384 g/mol. The molecular weight excluding hydrogens is 363 g/mol. The van der Waals surface area contributed by atoms with E-state index in [-0.39, 0.29) is 6.61 Å². The molecule has 2 rings (SSSR count). The minimum atomic E-state index is -0.484. The average molecular weight is 385 g/mol. The Morgan fingerprint density at radius 1 is 1.17 bits per heavy atom. The van der Waals surface area contributed by atoms with Crippen LogP contribution in [-0.4, -0.2) is 37.5 Å². The lowest BCUT2D eigenvalue weighted by Crippen LogP contribution is -2.41. The first-order valence-corrected chi connectivity index (χ1v) is 8.38. The van der Waals surface area contributed by atoms with Crippen molar-refractivity contribution in [1.29, 1.82) is 0 Å². The quantitative estimate of drug-likeness (QED) is 0.577. The molecule has 5 nitrogen and oxygen atoms in total. The van der Waals surface area contributed by atoms with Crippen molar-refractivity contribution in [2.75, 3.05) is 13.2 Å². The van der Waals surface area contributed by atoms with Crippen LogP contribution in [0.3, 0.4) is 0 Å². The molecule has 1 aliphatic heterocycles. The third kappa shape index (κ3) is 4.28. The molecule has 1 saturated heterocycles. The Balaban J connectivity index is 2.14. The van der Waals surface area contributed by atoms with E-state index in [1.165, 1.54) is 0 Å². The zero-order valence-corrected chi connectivity index (χ0v) is 15.7. The summed E-state index contributed by atoms with van der Waals surface area (Å²) in [5.74, 6) is 0.154. The summed E-state index contributed by atoms with van der Waals surface area (Å²) in [5, 5.41) is 0. The number of hydrogen-bond acceptors (Lipinski definition) is 5. The van der Waals surface area contributed by atoms with E-state index in [2.05, 4.69) is 15.9 Å². The fourth-order valence-corrected chi connectivity index (χ4v) is 2.62. The van der Waals surface area contributed by atoms with Crippen molar-refractivity contribution in [2.24, 2.45) is 0 Å². The Bertz CT molecular complexity index is 572. The van der Waals surface area contributed by atoms with Gasteiger partial charge >= 0.3 is 13.1 Å². The lowest BCUT2D eigenvalue weighted by atomic mass is 9.79. The Labute approximate surface area is 145 Å². The highest BCUT2D eigenvalue weighted by Gasteiger charge is 2.51. The van der Waals surface area contributed by atoms with Gasteiger partial charge in [-0.2, -0.15) is 0 Å². The molecule has 0 N–H and O–H groups in total. The number of hydrogen-bond donors (Lipinski definition) is 0. The smallest absolute Gasteiger partial charge is 0.482 e. The van der Waals surface area contributed by atoms with Crippen LogP contribution in [0.1, 0.15) is 34.6 Å². The average Bonchev–Trinajstić information content (AvgIpc) is 2.65. The van der Waals surface area contributed by atoms with Crippen LogP contribution in [0.2, 0.25) is 0 Å². The largest absolute Gasteiger partial charge is 0.495 e. The highest BCUT2D eigenvalue weighted by atomic mass is 79.9. The zero-order valence-electron chi connectivity index (χ0n) is 14.1. The van der Waals surface area contributed by atoms with Gasteiger partial charge in [0.2, 0.25) is 0 Å². The summed E-state index contributed by atoms with van der Waals surface area (Å²) in [5.41, 5.74) is 0.00889. The summed E-state index contributed by atoms with van der Waals surface area (Å²) in [6, 6.07) is 5.51. The molecule has 23 heavy (non-hydrogen) atoms. The van der Waals surface area contributed by atoms with Crippen molar-refractivity contribution < 1.29 is 23.6 Å². The molecule has 0 amide bonds. The predicted octanol–water partition coefficient (Wildman–Crippen LogP) is 2.69. The number of carbonyl (C=O) groups excluding carboxylic acids is 1. The zero-order chi connectivity index (χ0) is 17.3. The van der Waals surface area contributed by atoms with Gasteiger partial charge in [-0.1, -0.05) is 15.9 Å². The fraction of sp³-hybridized carbons (Fsp3) is 0.562. The number of carbonyl (C=O) groups is 1. The van der Waals surface area contributed by atoms with E-state index >= 15 is 0 Å². The van der Waals surface area contributed by atoms with Crippen molar-refractivity contribution in [3.05, 3.63) is 22.7 Å². The Hall–Kier alpha value is -1.05. The molecule has 7 heteroatoms. The maximum atomic E-state index is 11.4. The molecule has 0 spiro atoms. The molecule has 1 aliphatic rings. The summed E-state index contributed by atoms with van der Waals surface area (Å²) in [4.78, 5) is 11.4. The van der Waals surface area contributed by atoms with Crippen LogP contribution in [0.4, 0.5) is 0 Å². The van der Waals surface area contributed by atoms with Crippen molar-refractivity contribution in [1.82, 2.24) is 0 Å². The Morgan fingerprint density at radius 3 is 2.35 bits per heavy atom. The third-order valence-corrected chi connectivity index (χ3v) is 4.54. The van der Waals surface area contributed by atoms with E-state index in [9.17, 15) is 4.79 Å². The topological polar surface area (TPSA) is 54.0 Å². The summed E-state index contributed by atoms with van der Waals surface area (Å²) in [7, 11) is -0.484. The molecule has 0 atom stereocenters. The van der Waals surface area contributed by atoms with Gasteiger partial charge in [-0.3, -0.25) is 0 Å². The SMILES string of the molecule is CCOC(=O)COc1cc(Br)cc(B2OC(C)(C)C(C)(C)O2)c1. The minimum absolute atomic E-state index is 0.132. The van der Waals surface area contributed by atoms with Gasteiger partial charge in [0.05, 0.1) is 17.8 Å². The van der Waals surface area contributed by atoms with E-state index in [4.69, 9.17) is 18.8 Å². The third-order valence-electron chi connectivity index (χ3n) is 4.08. The summed E-state index contributed by atoms with van der Waals surface area (Å²) in [6.07, 6.45) is 0. The first kappa shape index (κ1) is 18.3. The van der Waals surface area contributed by atoms with Gasteiger partial charge in [-0.15, -0.1) is 0 Å². The molecule has 0 bridgehead atoms. The van der Waals surface area contributed by atoms with Gasteiger partial charge < -0.3 is 18.8 Å². The van der Waals surface area contributed by atoms with Crippen LogP contribution in [0.25, 0.3) is 0 Å². The van der Waals surface area contributed by atoms with Gasteiger partial charge in [0, 0.05) is 4.47 Å². The first-order valence-electron chi connectivity index (χ1n) is 7.59. The van der Waals surface area contributed by atoms with Crippen LogP contribution in [0.5, 0.6) is 5.75 Å². The highest BCUT2D eigenvalue weighted by Crippen LogP contribution is 2.36. The van der Waals surface area contributed by atoms with E-state index < -0.39 is 24.3 Å². The summed E-state index contributed by atoms with van der Waals surface area (Å²) in [6.45, 7) is 9.97. The van der Waals surface area contributed by atoms with Gasteiger partial charge in [-0.25, -0.2) is 4.79 Å². The van der Waals surface area contributed by atoms with Crippen LogP contribution >= 0.6 is 15.9 Å². The maximum Gasteiger partial charge on any atom is 0.495 e. The van der Waals surface area contributed by atoms with Crippen molar-refractivity contribution in [3.63, 3.8) is 0 Å². The molecule has 0 aliphatic carbocycles. The lowest BCUT2D eigenvalue weighted by molar-refractivity contribution is -0.145. The van der Waals surface area contributed by atoms with Crippen molar-refractivity contribution in [3.8, 4) is 5.75 Å². The lowest BCUT2D eigenvalue weighted by Gasteiger charge is -2.32. The maximum absolute atomic E-state index is 11.4. The second-order valence-electron chi connectivity index (χ2n) is 6.40. The van der Waals surface area contributed by atoms with Gasteiger partial charge in [0.15, 0.2) is 6.61 Å². The molecule has 0 radical (unpaired) electrons. The molecule has 1 fully saturated rings. The van der Waals surface area contributed by atoms with Crippen LogP contribution in [-0.2, 0) is 18.8 Å². The molecule has 126 valence electrons. The Kier molecular flexibility index (Phi) is 5.43. The number of esters is 1.